The largest absolute Gasteiger partial charge is 0.454 e. The average Bonchev–Trinajstić information content (AvgIpc) is 3.01. The number of fused-ring (bicyclic) bond motifs is 2. The smallest absolute Gasteiger partial charge is 0.254 e. The molecule has 0 saturated heterocycles. The molecule has 0 atom stereocenters. The van der Waals surface area contributed by atoms with Crippen molar-refractivity contribution >= 4 is 11.9 Å². The quantitative estimate of drug-likeness (QED) is 0.844. The van der Waals surface area contributed by atoms with Crippen LogP contribution >= 0.6 is 0 Å². The van der Waals surface area contributed by atoms with Crippen LogP contribution in [0.1, 0.15) is 21.6 Å². The highest BCUT2D eigenvalue weighted by Gasteiger charge is 2.25. The predicted octanol–water partition coefficient (Wildman–Crippen LogP) is 0.986. The third kappa shape index (κ3) is 2.11. The maximum Gasteiger partial charge on any atom is 0.254 e. The third-order valence-electron chi connectivity index (χ3n) is 3.87. The molecule has 2 N–H and O–H groups in total. The van der Waals surface area contributed by atoms with E-state index < -0.39 is 0 Å². The number of amides is 1. The lowest BCUT2D eigenvalue weighted by molar-refractivity contribution is 0.0731. The lowest BCUT2D eigenvalue weighted by Gasteiger charge is -2.28. The first-order chi connectivity index (χ1) is 10.7. The van der Waals surface area contributed by atoms with Gasteiger partial charge in [0.1, 0.15) is 0 Å². The summed E-state index contributed by atoms with van der Waals surface area (Å²) >= 11 is 0. The molecule has 1 aromatic heterocycles. The Hall–Kier alpha value is -2.83. The van der Waals surface area contributed by atoms with Crippen LogP contribution in [0.3, 0.4) is 0 Å². The van der Waals surface area contributed by atoms with Gasteiger partial charge in [0, 0.05) is 18.3 Å². The van der Waals surface area contributed by atoms with Gasteiger partial charge in [-0.15, -0.1) is 0 Å². The standard InChI is InChI=1S/C15H14N4O3/c16-15-17-6-10-3-4-19(7-11(10)18-15)14(20)9-1-2-12-13(5-9)22-8-21-12/h1-2,5-6H,3-4,7-8H2,(H2,16,17,18). The van der Waals surface area contributed by atoms with Crippen LogP contribution in [0, 0.1) is 0 Å². The van der Waals surface area contributed by atoms with Crippen molar-refractivity contribution < 1.29 is 14.3 Å². The van der Waals surface area contributed by atoms with E-state index in [9.17, 15) is 4.79 Å². The van der Waals surface area contributed by atoms with Gasteiger partial charge >= 0.3 is 0 Å². The number of nitrogen functional groups attached to an aromatic ring is 1. The van der Waals surface area contributed by atoms with Crippen molar-refractivity contribution in [1.29, 1.82) is 0 Å². The Labute approximate surface area is 126 Å². The maximum atomic E-state index is 12.6. The van der Waals surface area contributed by atoms with Crippen molar-refractivity contribution in [2.24, 2.45) is 0 Å². The van der Waals surface area contributed by atoms with Crippen LogP contribution in [-0.2, 0) is 13.0 Å². The Morgan fingerprint density at radius 3 is 3.05 bits per heavy atom. The fraction of sp³-hybridized carbons (Fsp3) is 0.267. The van der Waals surface area contributed by atoms with Gasteiger partial charge in [-0.05, 0) is 30.2 Å². The highest BCUT2D eigenvalue weighted by molar-refractivity contribution is 5.95. The first-order valence-corrected chi connectivity index (χ1v) is 7.00. The summed E-state index contributed by atoms with van der Waals surface area (Å²) < 4.78 is 10.6. The summed E-state index contributed by atoms with van der Waals surface area (Å²) in [5.74, 6) is 1.45. The molecule has 4 rings (SSSR count). The molecule has 0 spiro atoms. The molecule has 0 unspecified atom stereocenters. The summed E-state index contributed by atoms with van der Waals surface area (Å²) in [5, 5.41) is 0. The fourth-order valence-corrected chi connectivity index (χ4v) is 2.70. The molecule has 0 fully saturated rings. The molecule has 0 aliphatic carbocycles. The monoisotopic (exact) mass is 298 g/mol. The van der Waals surface area contributed by atoms with E-state index in [0.717, 1.165) is 17.7 Å². The average molecular weight is 298 g/mol. The molecular weight excluding hydrogens is 284 g/mol. The first-order valence-electron chi connectivity index (χ1n) is 7.00. The number of nitrogens with zero attached hydrogens (tertiary/aromatic N) is 3. The van der Waals surface area contributed by atoms with Crippen LogP contribution < -0.4 is 15.2 Å². The van der Waals surface area contributed by atoms with Gasteiger partial charge < -0.3 is 20.1 Å². The highest BCUT2D eigenvalue weighted by Crippen LogP contribution is 2.33. The summed E-state index contributed by atoms with van der Waals surface area (Å²) in [7, 11) is 0. The number of carbonyl (C=O) groups excluding carboxylic acids is 1. The minimum Gasteiger partial charge on any atom is -0.454 e. The molecule has 2 aliphatic heterocycles. The Kier molecular flexibility index (Phi) is 2.85. The van der Waals surface area contributed by atoms with E-state index in [1.165, 1.54) is 0 Å². The van der Waals surface area contributed by atoms with Crippen molar-refractivity contribution in [2.75, 3.05) is 19.1 Å². The van der Waals surface area contributed by atoms with E-state index in [4.69, 9.17) is 15.2 Å². The van der Waals surface area contributed by atoms with E-state index in [1.54, 1.807) is 29.3 Å². The number of hydrogen-bond acceptors (Lipinski definition) is 6. The van der Waals surface area contributed by atoms with Crippen molar-refractivity contribution in [1.82, 2.24) is 14.9 Å². The lowest BCUT2D eigenvalue weighted by atomic mass is 10.1. The van der Waals surface area contributed by atoms with E-state index in [1.807, 2.05) is 0 Å². The number of hydrogen-bond donors (Lipinski definition) is 1. The Bertz CT molecular complexity index is 762. The summed E-state index contributed by atoms with van der Waals surface area (Å²) in [6.07, 6.45) is 2.46. The van der Waals surface area contributed by atoms with E-state index in [-0.39, 0.29) is 18.6 Å². The van der Waals surface area contributed by atoms with Gasteiger partial charge in [0.25, 0.3) is 5.91 Å². The number of aromatic nitrogens is 2. The second kappa shape index (κ2) is 4.87. The molecule has 1 amide bonds. The van der Waals surface area contributed by atoms with Gasteiger partial charge in [0.05, 0.1) is 12.2 Å². The Morgan fingerprint density at radius 2 is 2.14 bits per heavy atom. The minimum absolute atomic E-state index is 0.0545. The summed E-state index contributed by atoms with van der Waals surface area (Å²) in [6.45, 7) is 1.27. The van der Waals surface area contributed by atoms with Gasteiger partial charge in [-0.3, -0.25) is 4.79 Å². The highest BCUT2D eigenvalue weighted by atomic mass is 16.7. The molecule has 112 valence electrons. The molecular formula is C15H14N4O3. The molecule has 1 aromatic carbocycles. The molecule has 2 aromatic rings. The van der Waals surface area contributed by atoms with Crippen molar-refractivity contribution in [3.8, 4) is 11.5 Å². The molecule has 7 nitrogen and oxygen atoms in total. The normalized spacial score (nSPS) is 15.5. The van der Waals surface area contributed by atoms with E-state index in [2.05, 4.69) is 9.97 Å². The number of benzene rings is 1. The zero-order valence-corrected chi connectivity index (χ0v) is 11.8. The second-order valence-electron chi connectivity index (χ2n) is 5.24. The zero-order chi connectivity index (χ0) is 15.1. The zero-order valence-electron chi connectivity index (χ0n) is 11.8. The topological polar surface area (TPSA) is 90.6 Å². The maximum absolute atomic E-state index is 12.6. The molecule has 2 aliphatic rings. The van der Waals surface area contributed by atoms with Crippen molar-refractivity contribution in [3.05, 3.63) is 41.2 Å². The second-order valence-corrected chi connectivity index (χ2v) is 5.24. The molecule has 3 heterocycles. The molecule has 0 radical (unpaired) electrons. The molecule has 7 heteroatoms. The van der Waals surface area contributed by atoms with Crippen LogP contribution in [0.25, 0.3) is 0 Å². The van der Waals surface area contributed by atoms with Gasteiger partial charge in [-0.2, -0.15) is 0 Å². The van der Waals surface area contributed by atoms with Gasteiger partial charge in [-0.1, -0.05) is 0 Å². The van der Waals surface area contributed by atoms with Crippen LogP contribution in [0.4, 0.5) is 5.95 Å². The summed E-state index contributed by atoms with van der Waals surface area (Å²) in [5.41, 5.74) is 8.06. The Balaban J connectivity index is 1.59. The molecule has 22 heavy (non-hydrogen) atoms. The van der Waals surface area contributed by atoms with Crippen LogP contribution in [0.15, 0.2) is 24.4 Å². The number of ether oxygens (including phenoxy) is 2. The SMILES string of the molecule is Nc1ncc2c(n1)CN(C(=O)c1ccc3c(c1)OCO3)CC2. The van der Waals surface area contributed by atoms with Crippen molar-refractivity contribution in [2.45, 2.75) is 13.0 Å². The van der Waals surface area contributed by atoms with Crippen LogP contribution in [0.2, 0.25) is 0 Å². The number of nitrogens with two attached hydrogens (primary N) is 1. The Morgan fingerprint density at radius 1 is 1.27 bits per heavy atom. The summed E-state index contributed by atoms with van der Waals surface area (Å²) in [4.78, 5) is 22.6. The first kappa shape index (κ1) is 12.9. The summed E-state index contributed by atoms with van der Waals surface area (Å²) in [6, 6.07) is 5.22. The number of anilines is 1. The number of carbonyl (C=O) groups is 1. The van der Waals surface area contributed by atoms with Gasteiger partial charge in [-0.25, -0.2) is 9.97 Å². The lowest BCUT2D eigenvalue weighted by Crippen LogP contribution is -2.36. The fourth-order valence-electron chi connectivity index (χ4n) is 2.70. The van der Waals surface area contributed by atoms with Crippen LogP contribution in [-0.4, -0.2) is 34.1 Å². The van der Waals surface area contributed by atoms with E-state index in [0.29, 0.717) is 30.2 Å². The van der Waals surface area contributed by atoms with Crippen LogP contribution in [0.5, 0.6) is 11.5 Å². The van der Waals surface area contributed by atoms with Gasteiger partial charge in [0.2, 0.25) is 12.7 Å². The van der Waals surface area contributed by atoms with E-state index >= 15 is 0 Å². The van der Waals surface area contributed by atoms with Gasteiger partial charge in [0.15, 0.2) is 11.5 Å². The molecule has 0 bridgehead atoms. The number of rotatable bonds is 1. The van der Waals surface area contributed by atoms with Crippen molar-refractivity contribution in [3.63, 3.8) is 0 Å². The predicted molar refractivity (Wildman–Crippen MR) is 77.5 cm³/mol. The minimum atomic E-state index is -0.0545. The third-order valence-corrected chi connectivity index (χ3v) is 3.87. The molecule has 0 saturated carbocycles.